The number of rotatable bonds is 10. The van der Waals surface area contributed by atoms with Crippen molar-refractivity contribution < 1.29 is 22.8 Å². The molecule has 0 saturated carbocycles. The summed E-state index contributed by atoms with van der Waals surface area (Å²) in [6.45, 7) is 0.844. The zero-order valence-electron chi connectivity index (χ0n) is 26.4. The van der Waals surface area contributed by atoms with Crippen LogP contribution in [0.3, 0.4) is 0 Å². The van der Waals surface area contributed by atoms with Gasteiger partial charge in [-0.3, -0.25) is 24.9 Å². The summed E-state index contributed by atoms with van der Waals surface area (Å²) >= 11 is 0. The highest BCUT2D eigenvalue weighted by atomic mass is 19.4. The lowest BCUT2D eigenvalue weighted by atomic mass is 10.0. The van der Waals surface area contributed by atoms with E-state index in [2.05, 4.69) is 25.6 Å². The Kier molecular flexibility index (Phi) is 9.72. The van der Waals surface area contributed by atoms with Crippen molar-refractivity contribution in [2.75, 3.05) is 12.4 Å². The van der Waals surface area contributed by atoms with Crippen molar-refractivity contribution in [3.8, 4) is 11.3 Å². The number of hydrogen-bond donors (Lipinski definition) is 2. The van der Waals surface area contributed by atoms with E-state index in [9.17, 15) is 22.8 Å². The van der Waals surface area contributed by atoms with E-state index in [4.69, 9.17) is 0 Å². The first kappa shape index (κ1) is 33.0. The number of benzene rings is 3. The van der Waals surface area contributed by atoms with Crippen LogP contribution in [0.4, 0.5) is 19.0 Å². The van der Waals surface area contributed by atoms with E-state index in [1.165, 1.54) is 18.3 Å². The number of fused-ring (bicyclic) bond motifs is 1. The topological polar surface area (TPSA) is 100 Å². The highest BCUT2D eigenvalue weighted by Crippen LogP contribution is 2.31. The van der Waals surface area contributed by atoms with Gasteiger partial charge in [-0.1, -0.05) is 54.6 Å². The lowest BCUT2D eigenvalue weighted by Crippen LogP contribution is -2.38. The molecule has 0 fully saturated rings. The summed E-state index contributed by atoms with van der Waals surface area (Å²) < 4.78 is 39.2. The normalized spacial score (nSPS) is 12.0. The molecule has 2 amide bonds. The van der Waals surface area contributed by atoms with Gasteiger partial charge >= 0.3 is 6.18 Å². The number of nitrogens with zero attached hydrogens (tertiary/aromatic N) is 4. The molecule has 3 aromatic heterocycles. The van der Waals surface area contributed by atoms with Crippen LogP contribution < -0.4 is 10.6 Å². The smallest absolute Gasteiger partial charge is 0.340 e. The molecule has 6 aromatic rings. The summed E-state index contributed by atoms with van der Waals surface area (Å²) in [5.74, 6) is -0.313. The predicted molar refractivity (Wildman–Crippen MR) is 181 cm³/mol. The first-order valence-electron chi connectivity index (χ1n) is 15.4. The number of carbonyl (C=O) groups excluding carboxylic acids is 2. The molecule has 0 radical (unpaired) electrons. The molecule has 0 aliphatic carbocycles. The van der Waals surface area contributed by atoms with Crippen molar-refractivity contribution in [3.63, 3.8) is 0 Å². The van der Waals surface area contributed by atoms with Crippen molar-refractivity contribution in [2.24, 2.45) is 0 Å². The number of hydrogen-bond acceptors (Lipinski definition) is 6. The van der Waals surface area contributed by atoms with Crippen LogP contribution in [-0.4, -0.2) is 38.7 Å². The molecular weight excluding hydrogens is 629 g/mol. The van der Waals surface area contributed by atoms with Crippen LogP contribution in [-0.2, 0) is 24.1 Å². The number of amides is 2. The van der Waals surface area contributed by atoms with Gasteiger partial charge in [0.05, 0.1) is 28.0 Å². The second-order valence-corrected chi connectivity index (χ2v) is 11.4. The number of aromatic nitrogens is 3. The lowest BCUT2D eigenvalue weighted by molar-refractivity contribution is -0.137. The van der Waals surface area contributed by atoms with Crippen LogP contribution in [0.25, 0.3) is 22.2 Å². The Morgan fingerprint density at radius 2 is 1.55 bits per heavy atom. The first-order valence-corrected chi connectivity index (χ1v) is 15.4. The van der Waals surface area contributed by atoms with Crippen molar-refractivity contribution in [3.05, 3.63) is 156 Å². The van der Waals surface area contributed by atoms with Crippen molar-refractivity contribution in [2.45, 2.75) is 25.3 Å². The third kappa shape index (κ3) is 7.96. The van der Waals surface area contributed by atoms with E-state index in [-0.39, 0.29) is 17.2 Å². The molecule has 3 aromatic carbocycles. The molecule has 1 atom stereocenters. The van der Waals surface area contributed by atoms with Crippen LogP contribution in [0.2, 0.25) is 0 Å². The molecule has 0 spiro atoms. The Morgan fingerprint density at radius 1 is 0.796 bits per heavy atom. The lowest BCUT2D eigenvalue weighted by Gasteiger charge is -2.24. The second kappa shape index (κ2) is 14.4. The number of halogens is 3. The Bertz CT molecular complexity index is 2070. The Hall–Kier alpha value is -5.94. The van der Waals surface area contributed by atoms with E-state index >= 15 is 0 Å². The maximum absolute atomic E-state index is 13.6. The average molecular weight is 661 g/mol. The minimum Gasteiger partial charge on any atom is -0.340 e. The summed E-state index contributed by atoms with van der Waals surface area (Å²) in [5.41, 5.74) is 3.22. The zero-order valence-corrected chi connectivity index (χ0v) is 26.4. The van der Waals surface area contributed by atoms with Crippen molar-refractivity contribution in [1.82, 2.24) is 25.2 Å². The van der Waals surface area contributed by atoms with Crippen molar-refractivity contribution in [1.29, 1.82) is 0 Å². The van der Waals surface area contributed by atoms with Gasteiger partial charge in [0.1, 0.15) is 11.9 Å². The molecule has 0 aliphatic rings. The average Bonchev–Trinajstić information content (AvgIpc) is 3.12. The molecule has 0 saturated heterocycles. The quantitative estimate of drug-likeness (QED) is 0.158. The zero-order chi connectivity index (χ0) is 34.4. The summed E-state index contributed by atoms with van der Waals surface area (Å²) in [5, 5.41) is 6.98. The van der Waals surface area contributed by atoms with Gasteiger partial charge in [-0.25, -0.2) is 4.98 Å². The number of likely N-dealkylation sites (N-methyl/N-ethyl adjacent to an activating group) is 1. The number of alkyl halides is 3. The molecule has 2 N–H and O–H groups in total. The van der Waals surface area contributed by atoms with Gasteiger partial charge in [-0.15, -0.1) is 0 Å². The van der Waals surface area contributed by atoms with Crippen LogP contribution in [0, 0.1) is 0 Å². The van der Waals surface area contributed by atoms with E-state index in [0.717, 1.165) is 28.6 Å². The van der Waals surface area contributed by atoms with Gasteiger partial charge < -0.3 is 10.2 Å². The minimum absolute atomic E-state index is 0.111. The summed E-state index contributed by atoms with van der Waals surface area (Å²) in [6.07, 6.45) is -1.33. The molecule has 49 heavy (non-hydrogen) atoms. The van der Waals surface area contributed by atoms with Gasteiger partial charge in [0.2, 0.25) is 5.91 Å². The predicted octanol–water partition coefficient (Wildman–Crippen LogP) is 7.45. The molecular formula is C38H31F3N6O2. The molecule has 0 bridgehead atoms. The van der Waals surface area contributed by atoms with Gasteiger partial charge in [0, 0.05) is 43.5 Å². The number of nitrogens with one attached hydrogen (secondary N) is 2. The molecule has 11 heteroatoms. The third-order valence-electron chi connectivity index (χ3n) is 7.91. The largest absolute Gasteiger partial charge is 0.416 e. The third-order valence-corrected chi connectivity index (χ3v) is 7.91. The van der Waals surface area contributed by atoms with E-state index in [1.54, 1.807) is 42.4 Å². The fourth-order valence-corrected chi connectivity index (χ4v) is 5.41. The van der Waals surface area contributed by atoms with Gasteiger partial charge in [0.15, 0.2) is 0 Å². The summed E-state index contributed by atoms with van der Waals surface area (Å²) in [4.78, 5) is 41.8. The molecule has 6 rings (SSSR count). The van der Waals surface area contributed by atoms with E-state index < -0.39 is 23.7 Å². The molecule has 0 aliphatic heterocycles. The second-order valence-electron chi connectivity index (χ2n) is 11.4. The van der Waals surface area contributed by atoms with Crippen LogP contribution in [0.15, 0.2) is 128 Å². The molecule has 246 valence electrons. The van der Waals surface area contributed by atoms with Crippen LogP contribution in [0.1, 0.15) is 38.8 Å². The molecule has 0 unspecified atom stereocenters. The van der Waals surface area contributed by atoms with Gasteiger partial charge in [-0.2, -0.15) is 13.2 Å². The number of carbonyl (C=O) groups is 2. The van der Waals surface area contributed by atoms with Gasteiger partial charge in [0.25, 0.3) is 5.91 Å². The maximum atomic E-state index is 13.6. The highest BCUT2D eigenvalue weighted by molar-refractivity contribution is 6.08. The van der Waals surface area contributed by atoms with Crippen LogP contribution >= 0.6 is 0 Å². The minimum atomic E-state index is -4.47. The van der Waals surface area contributed by atoms with E-state index in [0.29, 0.717) is 35.7 Å². The van der Waals surface area contributed by atoms with Gasteiger partial charge in [-0.05, 0) is 71.8 Å². The fourth-order valence-electron chi connectivity index (χ4n) is 5.41. The standard InChI is InChI=1S/C38H31F3N6O2/c1-47(24-25-8-3-2-4-9-25)37(49)35(32-11-5-6-20-42-32)44-23-26-12-18-31-28(22-26)15-19-33(45-31)46-36(48)30-10-7-21-43-34(30)27-13-16-29(17-14-27)38(39,40)41/h2-22,35,44H,23-24H2,1H3,(H,45,46,48)/t35-/m0/s1. The fraction of sp³-hybridized carbons (Fsp3) is 0.132. The summed E-state index contributed by atoms with van der Waals surface area (Å²) in [6, 6.07) is 31.4. The van der Waals surface area contributed by atoms with Crippen LogP contribution in [0.5, 0.6) is 0 Å². The SMILES string of the molecule is CN(Cc1ccccc1)C(=O)[C@@H](NCc1ccc2nc(NC(=O)c3cccnc3-c3ccc(C(F)(F)F)cc3)ccc2c1)c1ccccn1. The first-order chi connectivity index (χ1) is 23.7. The highest BCUT2D eigenvalue weighted by Gasteiger charge is 2.30. The molecule has 8 nitrogen and oxygen atoms in total. The summed E-state index contributed by atoms with van der Waals surface area (Å²) in [7, 11) is 1.77. The Labute approximate surface area is 280 Å². The Balaban J connectivity index is 1.15. The molecule has 3 heterocycles. The number of anilines is 1. The maximum Gasteiger partial charge on any atom is 0.416 e. The van der Waals surface area contributed by atoms with E-state index in [1.807, 2.05) is 66.7 Å². The monoisotopic (exact) mass is 660 g/mol. The Morgan fingerprint density at radius 3 is 2.29 bits per heavy atom. The van der Waals surface area contributed by atoms with Crippen molar-refractivity contribution >= 4 is 28.5 Å². The number of pyridine rings is 3.